The van der Waals surface area contributed by atoms with Gasteiger partial charge in [0.05, 0.1) is 11.4 Å². The van der Waals surface area contributed by atoms with Crippen LogP contribution in [0.2, 0.25) is 0 Å². The molecule has 1 aromatic carbocycles. The van der Waals surface area contributed by atoms with Crippen molar-refractivity contribution in [1.29, 1.82) is 0 Å². The minimum Gasteiger partial charge on any atom is -0.381 e. The monoisotopic (exact) mass is 258 g/mol. The Balaban J connectivity index is 2.13. The van der Waals surface area contributed by atoms with Gasteiger partial charge < -0.3 is 5.73 Å². The first-order valence-corrected chi connectivity index (χ1v) is 6.85. The van der Waals surface area contributed by atoms with E-state index in [9.17, 15) is 0 Å². The Morgan fingerprint density at radius 1 is 1.33 bits per heavy atom. The number of rotatable bonds is 3. The van der Waals surface area contributed by atoms with E-state index >= 15 is 0 Å². The molecule has 5 heteroatoms. The summed E-state index contributed by atoms with van der Waals surface area (Å²) in [5, 5.41) is 11.4. The van der Waals surface area contributed by atoms with Crippen molar-refractivity contribution in [3.63, 3.8) is 0 Å². The molecule has 0 aliphatic rings. The summed E-state index contributed by atoms with van der Waals surface area (Å²) in [6.07, 6.45) is 1.92. The van der Waals surface area contributed by atoms with Crippen LogP contribution in [0.25, 0.3) is 15.8 Å². The molecule has 0 atom stereocenters. The minimum atomic E-state index is 0.530. The van der Waals surface area contributed by atoms with Crippen LogP contribution in [-0.2, 0) is 6.42 Å². The quantitative estimate of drug-likeness (QED) is 0.785. The van der Waals surface area contributed by atoms with Gasteiger partial charge in [-0.25, -0.2) is 4.68 Å². The summed E-state index contributed by atoms with van der Waals surface area (Å²) < 4.78 is 3.12. The Morgan fingerprint density at radius 2 is 2.22 bits per heavy atom. The fourth-order valence-corrected chi connectivity index (χ4v) is 2.85. The summed E-state index contributed by atoms with van der Waals surface area (Å²) in [4.78, 5) is 0. The number of hydrogen-bond acceptors (Lipinski definition) is 4. The first kappa shape index (κ1) is 11.2. The van der Waals surface area contributed by atoms with Gasteiger partial charge in [-0.05, 0) is 41.5 Å². The second kappa shape index (κ2) is 4.42. The van der Waals surface area contributed by atoms with Crippen molar-refractivity contribution in [2.45, 2.75) is 19.8 Å². The highest BCUT2D eigenvalue weighted by Gasteiger charge is 2.11. The van der Waals surface area contributed by atoms with Gasteiger partial charge in [0.15, 0.2) is 5.82 Å². The van der Waals surface area contributed by atoms with E-state index in [2.05, 4.69) is 46.9 Å². The Bertz CT molecular complexity index is 683. The molecule has 2 heterocycles. The molecule has 3 aromatic rings. The molecule has 2 aromatic heterocycles. The largest absolute Gasteiger partial charge is 0.381 e. The molecule has 92 valence electrons. The molecule has 0 saturated heterocycles. The van der Waals surface area contributed by atoms with Crippen LogP contribution >= 0.6 is 11.3 Å². The number of nitrogens with zero attached hydrogens (tertiary/aromatic N) is 3. The molecule has 4 nitrogen and oxygen atoms in total. The molecule has 0 radical (unpaired) electrons. The van der Waals surface area contributed by atoms with Crippen molar-refractivity contribution in [3.8, 4) is 5.69 Å². The second-order valence-corrected chi connectivity index (χ2v) is 5.17. The van der Waals surface area contributed by atoms with E-state index < -0.39 is 0 Å². The van der Waals surface area contributed by atoms with Gasteiger partial charge in [-0.3, -0.25) is 0 Å². The van der Waals surface area contributed by atoms with Crippen LogP contribution in [0.5, 0.6) is 0 Å². The molecule has 0 fully saturated rings. The summed E-state index contributed by atoms with van der Waals surface area (Å²) in [5.41, 5.74) is 7.88. The normalized spacial score (nSPS) is 11.2. The van der Waals surface area contributed by atoms with Gasteiger partial charge in [0.2, 0.25) is 0 Å². The molecule has 0 spiro atoms. The third kappa shape index (κ3) is 1.76. The number of fused-ring (bicyclic) bond motifs is 1. The first-order valence-electron chi connectivity index (χ1n) is 5.97. The highest BCUT2D eigenvalue weighted by Crippen LogP contribution is 2.24. The Morgan fingerprint density at radius 3 is 3.06 bits per heavy atom. The average molecular weight is 258 g/mol. The third-order valence-electron chi connectivity index (χ3n) is 2.96. The smallest absolute Gasteiger partial charge is 0.169 e. The Labute approximate surface area is 109 Å². The lowest BCUT2D eigenvalue weighted by molar-refractivity contribution is 0.746. The molecule has 0 aliphatic heterocycles. The standard InChI is InChI=1S/C13H14N4S/c1-2-3-11-13(14)15-16-17(11)10-4-5-12-9(8-10)6-7-18-12/h4-8H,2-3,14H2,1H3. The number of benzene rings is 1. The molecule has 0 amide bonds. The first-order chi connectivity index (χ1) is 8.79. The van der Waals surface area contributed by atoms with Crippen LogP contribution in [-0.4, -0.2) is 15.0 Å². The minimum absolute atomic E-state index is 0.530. The van der Waals surface area contributed by atoms with Crippen molar-refractivity contribution in [2.75, 3.05) is 5.73 Å². The predicted octanol–water partition coefficient (Wildman–Crippen LogP) is 3.02. The average Bonchev–Trinajstić information content (AvgIpc) is 2.97. The zero-order valence-corrected chi connectivity index (χ0v) is 10.9. The highest BCUT2D eigenvalue weighted by atomic mass is 32.1. The van der Waals surface area contributed by atoms with E-state index in [4.69, 9.17) is 5.73 Å². The van der Waals surface area contributed by atoms with E-state index in [0.717, 1.165) is 24.2 Å². The van der Waals surface area contributed by atoms with Gasteiger partial charge in [0, 0.05) is 4.70 Å². The van der Waals surface area contributed by atoms with Crippen molar-refractivity contribution < 1.29 is 0 Å². The molecular formula is C13H14N4S. The SMILES string of the molecule is CCCc1c(N)nnn1-c1ccc2sccc2c1. The molecule has 3 rings (SSSR count). The molecule has 0 bridgehead atoms. The van der Waals surface area contributed by atoms with Gasteiger partial charge in [-0.1, -0.05) is 18.6 Å². The molecule has 0 unspecified atom stereocenters. The maximum Gasteiger partial charge on any atom is 0.169 e. The molecule has 0 aliphatic carbocycles. The van der Waals surface area contributed by atoms with E-state index in [1.54, 1.807) is 11.3 Å². The zero-order chi connectivity index (χ0) is 12.5. The number of thiophene rings is 1. The van der Waals surface area contributed by atoms with Crippen LogP contribution in [0.4, 0.5) is 5.82 Å². The predicted molar refractivity (Wildman–Crippen MR) is 75.1 cm³/mol. The van der Waals surface area contributed by atoms with Crippen LogP contribution in [0.3, 0.4) is 0 Å². The molecular weight excluding hydrogens is 244 g/mol. The Hall–Kier alpha value is -1.88. The molecule has 18 heavy (non-hydrogen) atoms. The van der Waals surface area contributed by atoms with Crippen LogP contribution in [0.15, 0.2) is 29.6 Å². The summed E-state index contributed by atoms with van der Waals surface area (Å²) in [6.45, 7) is 2.12. The number of anilines is 1. The summed E-state index contributed by atoms with van der Waals surface area (Å²) in [7, 11) is 0. The van der Waals surface area contributed by atoms with Crippen molar-refractivity contribution in [2.24, 2.45) is 0 Å². The summed E-state index contributed by atoms with van der Waals surface area (Å²) >= 11 is 1.74. The van der Waals surface area contributed by atoms with Gasteiger partial charge >= 0.3 is 0 Å². The topological polar surface area (TPSA) is 56.7 Å². The fourth-order valence-electron chi connectivity index (χ4n) is 2.08. The van der Waals surface area contributed by atoms with E-state index in [0.29, 0.717) is 5.82 Å². The van der Waals surface area contributed by atoms with E-state index in [1.165, 1.54) is 10.1 Å². The zero-order valence-electron chi connectivity index (χ0n) is 10.1. The Kier molecular flexibility index (Phi) is 2.76. The van der Waals surface area contributed by atoms with Gasteiger partial charge in [0.25, 0.3) is 0 Å². The number of hydrogen-bond donors (Lipinski definition) is 1. The number of nitrogen functional groups attached to an aromatic ring is 1. The van der Waals surface area contributed by atoms with Crippen LogP contribution in [0.1, 0.15) is 19.0 Å². The second-order valence-electron chi connectivity index (χ2n) is 4.23. The maximum atomic E-state index is 5.87. The van der Waals surface area contributed by atoms with Crippen molar-refractivity contribution >= 4 is 27.2 Å². The van der Waals surface area contributed by atoms with Crippen LogP contribution in [0, 0.1) is 0 Å². The third-order valence-corrected chi connectivity index (χ3v) is 3.86. The van der Waals surface area contributed by atoms with Crippen LogP contribution < -0.4 is 5.73 Å². The maximum absolute atomic E-state index is 5.87. The fraction of sp³-hybridized carbons (Fsp3) is 0.231. The lowest BCUT2D eigenvalue weighted by atomic mass is 10.2. The molecule has 0 saturated carbocycles. The van der Waals surface area contributed by atoms with Gasteiger partial charge in [0.1, 0.15) is 0 Å². The lowest BCUT2D eigenvalue weighted by Crippen LogP contribution is -2.03. The number of nitrogens with two attached hydrogens (primary N) is 1. The van der Waals surface area contributed by atoms with E-state index in [-0.39, 0.29) is 0 Å². The lowest BCUT2D eigenvalue weighted by Gasteiger charge is -2.05. The van der Waals surface area contributed by atoms with Gasteiger partial charge in [-0.2, -0.15) is 0 Å². The summed E-state index contributed by atoms with van der Waals surface area (Å²) in [5.74, 6) is 0.530. The number of aromatic nitrogens is 3. The van der Waals surface area contributed by atoms with Crippen molar-refractivity contribution in [3.05, 3.63) is 35.3 Å². The van der Waals surface area contributed by atoms with E-state index in [1.807, 2.05) is 4.68 Å². The highest BCUT2D eigenvalue weighted by molar-refractivity contribution is 7.17. The molecule has 2 N–H and O–H groups in total. The van der Waals surface area contributed by atoms with Crippen molar-refractivity contribution in [1.82, 2.24) is 15.0 Å². The van der Waals surface area contributed by atoms with Gasteiger partial charge in [-0.15, -0.1) is 16.4 Å². The summed E-state index contributed by atoms with van der Waals surface area (Å²) in [6, 6.07) is 8.41.